The molecule has 1 N–H and O–H groups in total. The summed E-state index contributed by atoms with van der Waals surface area (Å²) in [5.74, 6) is 0. The summed E-state index contributed by atoms with van der Waals surface area (Å²) in [6.45, 7) is 0. The maximum atomic E-state index is 9.59. The Bertz CT molecular complexity index is 111. The molecule has 0 aromatic heterocycles. The first kappa shape index (κ1) is 6.81. The molecular weight excluding hydrogens is 176 g/mol. The summed E-state index contributed by atoms with van der Waals surface area (Å²) >= 11 is 7.53. The van der Waals surface area contributed by atoms with E-state index >= 15 is 0 Å². The topological polar surface area (TPSA) is 46.5 Å². The van der Waals surface area contributed by atoms with Crippen LogP contribution in [-0.2, 0) is 39.8 Å². The van der Waals surface area contributed by atoms with Gasteiger partial charge in [-0.2, -0.15) is 0 Å². The Morgan fingerprint density at radius 1 is 2.00 bits per heavy atom. The van der Waals surface area contributed by atoms with E-state index < -0.39 is 9.05 Å². The van der Waals surface area contributed by atoms with Gasteiger partial charge < -0.3 is 0 Å². The van der Waals surface area contributed by atoms with Crippen molar-refractivity contribution in [1.29, 1.82) is 0 Å². The van der Waals surface area contributed by atoms with E-state index in [1.165, 1.54) is 0 Å². The third-order valence-corrected chi connectivity index (χ3v) is 1.29. The van der Waals surface area contributed by atoms with Crippen molar-refractivity contribution in [3.05, 3.63) is 0 Å². The molecule has 0 aliphatic heterocycles. The molecule has 0 saturated carbocycles. The third kappa shape index (κ3) is 4.81. The van der Waals surface area contributed by atoms with Crippen LogP contribution < -0.4 is 0 Å². The summed E-state index contributed by atoms with van der Waals surface area (Å²) in [4.78, 5) is 0. The molecule has 0 heterocycles. The zero-order valence-corrected chi connectivity index (χ0v) is 4.96. The minimum atomic E-state index is -3.52. The molecule has 0 fully saturated rings. The second-order valence-corrected chi connectivity index (χ2v) is 3.17. The molecule has 3 nitrogen and oxygen atoms in total. The Morgan fingerprint density at radius 3 is 2.17 bits per heavy atom. The summed E-state index contributed by atoms with van der Waals surface area (Å²) in [7, 11) is -3.52. The predicted molar refractivity (Wildman–Crippen MR) is 19.2 cm³/mol. The van der Waals surface area contributed by atoms with Crippen molar-refractivity contribution in [2.45, 2.75) is 0 Å². The Morgan fingerprint density at radius 2 is 2.17 bits per heavy atom. The van der Waals surface area contributed by atoms with Gasteiger partial charge in [0, 0.05) is 0 Å². The van der Waals surface area contributed by atoms with Crippen molar-refractivity contribution in [1.82, 2.24) is 0 Å². The van der Waals surface area contributed by atoms with Gasteiger partial charge in [0.05, 0.1) is 0 Å². The van der Waals surface area contributed by atoms with Crippen molar-refractivity contribution in [2.75, 3.05) is 0 Å². The normalized spacial score (nSPS) is 19.8. The quantitative estimate of drug-likeness (QED) is 0.553. The van der Waals surface area contributed by atoms with Gasteiger partial charge in [0.1, 0.15) is 0 Å². The van der Waals surface area contributed by atoms with E-state index in [-0.39, 0.29) is 0 Å². The fraction of sp³-hybridized carbons (Fsp3) is 0. The Labute approximate surface area is 48.9 Å². The minimum absolute atomic E-state index is 3.40. The fourth-order valence-corrected chi connectivity index (χ4v) is 0. The molecule has 0 saturated heterocycles. The van der Waals surface area contributed by atoms with Crippen molar-refractivity contribution < 1.29 is 28.4 Å². The molecule has 1 atom stereocenters. The molecule has 0 aromatic carbocycles. The van der Waals surface area contributed by atoms with E-state index in [0.717, 1.165) is 0 Å². The van der Waals surface area contributed by atoms with E-state index in [4.69, 9.17) is 4.55 Å². The van der Waals surface area contributed by atoms with E-state index in [0.29, 0.717) is 0 Å². The van der Waals surface area contributed by atoms with Gasteiger partial charge in [-0.25, -0.2) is 0 Å². The van der Waals surface area contributed by atoms with Crippen LogP contribution >= 0.6 is 0 Å². The summed E-state index contributed by atoms with van der Waals surface area (Å²) in [5, 5.41) is 0. The number of hydrogen-bond acceptors (Lipinski definition) is 3. The van der Waals surface area contributed by atoms with Gasteiger partial charge >= 0.3 is 48.6 Å². The first-order valence-corrected chi connectivity index (χ1v) is 3.56. The molecule has 0 rings (SSSR count). The van der Waals surface area contributed by atoms with Gasteiger partial charge in [0.15, 0.2) is 0 Å². The molecular formula is HCuO3S2. The molecule has 0 aliphatic carbocycles. The van der Waals surface area contributed by atoms with E-state index in [9.17, 15) is 4.21 Å². The number of hydrogen-bond donors (Lipinski definition) is 1. The monoisotopic (exact) mass is 176 g/mol. The molecule has 0 bridgehead atoms. The molecule has 6 heteroatoms. The Balaban J connectivity index is 3.85. The van der Waals surface area contributed by atoms with Crippen molar-refractivity contribution >= 4 is 20.2 Å². The molecule has 1 unspecified atom stereocenters. The summed E-state index contributed by atoms with van der Waals surface area (Å²) in [6, 6.07) is 0. The molecule has 0 spiro atoms. The van der Waals surface area contributed by atoms with Crippen LogP contribution in [-0.4, -0.2) is 8.76 Å². The van der Waals surface area contributed by atoms with Gasteiger partial charge in [0.25, 0.3) is 0 Å². The maximum absolute atomic E-state index is 9.59. The molecule has 6 heavy (non-hydrogen) atoms. The van der Waals surface area contributed by atoms with Gasteiger partial charge in [0.2, 0.25) is 0 Å². The van der Waals surface area contributed by atoms with Crippen LogP contribution in [0.5, 0.6) is 0 Å². The predicted octanol–water partition coefficient (Wildman–Crippen LogP) is -0.401. The SMILES string of the molecule is O=S(O)(=S)[O][Cu]. The second kappa shape index (κ2) is 2.20. The molecule has 0 radical (unpaired) electrons. The summed E-state index contributed by atoms with van der Waals surface area (Å²) < 4.78 is 20.8. The molecule has 42 valence electrons. The average Bonchev–Trinajstić information content (AvgIpc) is 1.35. The third-order valence-electron chi connectivity index (χ3n) is 0.0635. The van der Waals surface area contributed by atoms with Crippen molar-refractivity contribution in [3.8, 4) is 0 Å². The van der Waals surface area contributed by atoms with E-state index in [1.54, 1.807) is 0 Å². The van der Waals surface area contributed by atoms with Crippen LogP contribution in [0.2, 0.25) is 0 Å². The van der Waals surface area contributed by atoms with Crippen LogP contribution in [0.3, 0.4) is 0 Å². The standard InChI is InChI=1S/Cu.H2O3S2/c;1-5(2,3)4/h;(H2,1,2,3,4)/q+1;/p-1. The number of rotatable bonds is 1. The second-order valence-electron chi connectivity index (χ2n) is 0.478. The zero-order chi connectivity index (χ0) is 5.21. The van der Waals surface area contributed by atoms with Gasteiger partial charge in [-0.05, 0) is 0 Å². The Hall–Kier alpha value is 0.809. The van der Waals surface area contributed by atoms with Crippen LogP contribution in [0, 0.1) is 0 Å². The first-order valence-electron chi connectivity index (χ1n) is 0.806. The van der Waals surface area contributed by atoms with Crippen molar-refractivity contribution in [3.63, 3.8) is 0 Å². The summed E-state index contributed by atoms with van der Waals surface area (Å²) in [5.41, 5.74) is 0. The van der Waals surface area contributed by atoms with E-state index in [2.05, 4.69) is 30.8 Å². The molecule has 0 aliphatic rings. The molecule has 0 amide bonds. The molecule has 0 aromatic rings. The van der Waals surface area contributed by atoms with Crippen LogP contribution in [0.15, 0.2) is 0 Å². The van der Waals surface area contributed by atoms with Crippen LogP contribution in [0.1, 0.15) is 0 Å². The Kier molecular flexibility index (Phi) is 2.50. The van der Waals surface area contributed by atoms with Crippen LogP contribution in [0.4, 0.5) is 0 Å². The van der Waals surface area contributed by atoms with Gasteiger partial charge in [-0.1, -0.05) is 0 Å². The van der Waals surface area contributed by atoms with Gasteiger partial charge in [-0.3, -0.25) is 0 Å². The fourth-order valence-electron chi connectivity index (χ4n) is 0. The van der Waals surface area contributed by atoms with Gasteiger partial charge in [-0.15, -0.1) is 0 Å². The van der Waals surface area contributed by atoms with Crippen LogP contribution in [0.25, 0.3) is 0 Å². The average molecular weight is 177 g/mol. The van der Waals surface area contributed by atoms with E-state index in [1.807, 2.05) is 0 Å². The van der Waals surface area contributed by atoms with Crippen molar-refractivity contribution in [2.24, 2.45) is 0 Å². The summed E-state index contributed by atoms with van der Waals surface area (Å²) in [6.07, 6.45) is 0. The first-order chi connectivity index (χ1) is 2.56. The zero-order valence-electron chi connectivity index (χ0n) is 2.38.